The van der Waals surface area contributed by atoms with E-state index >= 15 is 0 Å². The second-order valence-corrected chi connectivity index (χ2v) is 9.38. The third-order valence-corrected chi connectivity index (χ3v) is 6.22. The van der Waals surface area contributed by atoms with E-state index in [1.165, 1.54) is 6.07 Å². The summed E-state index contributed by atoms with van der Waals surface area (Å²) in [7, 11) is -3.71. The summed E-state index contributed by atoms with van der Waals surface area (Å²) in [5.41, 5.74) is 0.351. The second-order valence-electron chi connectivity index (χ2n) is 7.08. The molecule has 1 N–H and O–H groups in total. The van der Waals surface area contributed by atoms with Crippen LogP contribution < -0.4 is 14.4 Å². The van der Waals surface area contributed by atoms with Crippen molar-refractivity contribution >= 4 is 44.0 Å². The van der Waals surface area contributed by atoms with Gasteiger partial charge >= 0.3 is 0 Å². The molecule has 0 radical (unpaired) electrons. The molecule has 31 heavy (non-hydrogen) atoms. The molecule has 0 unspecified atom stereocenters. The van der Waals surface area contributed by atoms with E-state index in [1.807, 2.05) is 42.5 Å². The quantitative estimate of drug-likeness (QED) is 0.485. The first-order valence-corrected chi connectivity index (χ1v) is 12.2. The zero-order valence-corrected chi connectivity index (χ0v) is 19.0. The van der Waals surface area contributed by atoms with Crippen LogP contribution in [0.15, 0.2) is 66.7 Å². The predicted molar refractivity (Wildman–Crippen MR) is 125 cm³/mol. The SMILES string of the molecule is CC[C@H](C(=O)NCCOc1cccc2ccccc12)N(c1cccc(Cl)c1)S(C)(=O)=O. The maximum absolute atomic E-state index is 12.8. The highest BCUT2D eigenvalue weighted by molar-refractivity contribution is 7.92. The van der Waals surface area contributed by atoms with Crippen molar-refractivity contribution in [1.82, 2.24) is 5.32 Å². The van der Waals surface area contributed by atoms with Crippen molar-refractivity contribution in [2.24, 2.45) is 0 Å². The molecule has 164 valence electrons. The van der Waals surface area contributed by atoms with Crippen molar-refractivity contribution in [1.29, 1.82) is 0 Å². The molecule has 0 aliphatic heterocycles. The van der Waals surface area contributed by atoms with Gasteiger partial charge in [0.15, 0.2) is 0 Å². The first-order chi connectivity index (χ1) is 14.8. The van der Waals surface area contributed by atoms with E-state index in [1.54, 1.807) is 25.1 Å². The Labute approximate surface area is 187 Å². The van der Waals surface area contributed by atoms with Crippen LogP contribution >= 0.6 is 11.6 Å². The fraction of sp³-hybridized carbons (Fsp3) is 0.261. The third-order valence-electron chi connectivity index (χ3n) is 4.80. The molecule has 0 bridgehead atoms. The summed E-state index contributed by atoms with van der Waals surface area (Å²) in [5.74, 6) is 0.338. The molecule has 0 fully saturated rings. The number of anilines is 1. The van der Waals surface area contributed by atoms with E-state index in [9.17, 15) is 13.2 Å². The van der Waals surface area contributed by atoms with Gasteiger partial charge in [0.1, 0.15) is 18.4 Å². The number of hydrogen-bond acceptors (Lipinski definition) is 4. The summed E-state index contributed by atoms with van der Waals surface area (Å²) in [6, 6.07) is 19.2. The van der Waals surface area contributed by atoms with Crippen LogP contribution in [-0.2, 0) is 14.8 Å². The van der Waals surface area contributed by atoms with Gasteiger partial charge in [0, 0.05) is 10.4 Å². The van der Waals surface area contributed by atoms with Crippen molar-refractivity contribution in [3.63, 3.8) is 0 Å². The highest BCUT2D eigenvalue weighted by atomic mass is 35.5. The lowest BCUT2D eigenvalue weighted by Crippen LogP contribution is -2.50. The van der Waals surface area contributed by atoms with Crippen LogP contribution in [0.5, 0.6) is 5.75 Å². The van der Waals surface area contributed by atoms with Gasteiger partial charge in [-0.3, -0.25) is 9.10 Å². The second kappa shape index (κ2) is 10.0. The monoisotopic (exact) mass is 460 g/mol. The molecule has 6 nitrogen and oxygen atoms in total. The van der Waals surface area contributed by atoms with Gasteiger partial charge in [-0.2, -0.15) is 0 Å². The molecule has 1 amide bonds. The van der Waals surface area contributed by atoms with Crippen LogP contribution in [0.4, 0.5) is 5.69 Å². The minimum atomic E-state index is -3.71. The summed E-state index contributed by atoms with van der Waals surface area (Å²) in [6.45, 7) is 2.26. The summed E-state index contributed by atoms with van der Waals surface area (Å²) in [4.78, 5) is 12.8. The number of benzene rings is 3. The molecule has 0 saturated carbocycles. The van der Waals surface area contributed by atoms with Crippen LogP contribution in [0.2, 0.25) is 5.02 Å². The van der Waals surface area contributed by atoms with E-state index in [2.05, 4.69) is 5.32 Å². The number of fused-ring (bicyclic) bond motifs is 1. The Balaban J connectivity index is 1.67. The maximum atomic E-state index is 12.8. The molecule has 3 rings (SSSR count). The Kier molecular flexibility index (Phi) is 7.41. The van der Waals surface area contributed by atoms with Gasteiger partial charge < -0.3 is 10.1 Å². The number of halogens is 1. The minimum absolute atomic E-state index is 0.242. The van der Waals surface area contributed by atoms with Crippen LogP contribution in [0.3, 0.4) is 0 Å². The number of rotatable bonds is 9. The molecule has 0 aromatic heterocycles. The van der Waals surface area contributed by atoms with Crippen LogP contribution in [0, 0.1) is 0 Å². The summed E-state index contributed by atoms with van der Waals surface area (Å²) >= 11 is 6.03. The van der Waals surface area contributed by atoms with Crippen molar-refractivity contribution < 1.29 is 17.9 Å². The normalized spacial score (nSPS) is 12.4. The molecule has 3 aromatic carbocycles. The Morgan fingerprint density at radius 3 is 2.52 bits per heavy atom. The number of amides is 1. The number of ether oxygens (including phenoxy) is 1. The molecule has 0 spiro atoms. The average molecular weight is 461 g/mol. The van der Waals surface area contributed by atoms with Gasteiger partial charge in [0.2, 0.25) is 15.9 Å². The number of sulfonamides is 1. The first-order valence-electron chi connectivity index (χ1n) is 9.94. The van der Waals surface area contributed by atoms with Crippen molar-refractivity contribution in [2.45, 2.75) is 19.4 Å². The van der Waals surface area contributed by atoms with E-state index in [-0.39, 0.29) is 13.2 Å². The van der Waals surface area contributed by atoms with Crippen molar-refractivity contribution in [3.05, 3.63) is 71.8 Å². The van der Waals surface area contributed by atoms with Crippen LogP contribution in [0.1, 0.15) is 13.3 Å². The molecular weight excluding hydrogens is 436 g/mol. The van der Waals surface area contributed by atoms with Gasteiger partial charge in [0.05, 0.1) is 18.5 Å². The van der Waals surface area contributed by atoms with E-state index in [0.717, 1.165) is 27.1 Å². The largest absolute Gasteiger partial charge is 0.491 e. The lowest BCUT2D eigenvalue weighted by atomic mass is 10.1. The molecule has 1 atom stereocenters. The van der Waals surface area contributed by atoms with Crippen molar-refractivity contribution in [2.75, 3.05) is 23.7 Å². The molecule has 0 saturated heterocycles. The molecule has 0 aliphatic carbocycles. The van der Waals surface area contributed by atoms with Gasteiger partial charge in [-0.1, -0.05) is 61.0 Å². The van der Waals surface area contributed by atoms with E-state index < -0.39 is 22.0 Å². The number of hydrogen-bond donors (Lipinski definition) is 1. The fourth-order valence-corrected chi connectivity index (χ4v) is 4.84. The zero-order valence-electron chi connectivity index (χ0n) is 17.4. The lowest BCUT2D eigenvalue weighted by molar-refractivity contribution is -0.122. The molecular formula is C23H25ClN2O4S. The van der Waals surface area contributed by atoms with E-state index in [4.69, 9.17) is 16.3 Å². The molecule has 0 aliphatic rings. The highest BCUT2D eigenvalue weighted by Crippen LogP contribution is 2.26. The average Bonchev–Trinajstić information content (AvgIpc) is 2.74. The molecule has 8 heteroatoms. The Hall–Kier alpha value is -2.77. The maximum Gasteiger partial charge on any atom is 0.244 e. The standard InChI is InChI=1S/C23H25ClN2O4S/c1-3-21(26(31(2,28)29)19-11-7-10-18(24)16-19)23(27)25-14-15-30-22-13-6-9-17-8-4-5-12-20(17)22/h4-13,16,21H,3,14-15H2,1-2H3,(H,25,27)/t21-/m1/s1. The summed E-state index contributed by atoms with van der Waals surface area (Å²) < 4.78 is 31.9. The zero-order chi connectivity index (χ0) is 22.4. The molecule has 3 aromatic rings. The van der Waals surface area contributed by atoms with Gasteiger partial charge in [-0.15, -0.1) is 0 Å². The summed E-state index contributed by atoms with van der Waals surface area (Å²) in [5, 5.41) is 5.24. The Bertz CT molecular complexity index is 1160. The topological polar surface area (TPSA) is 75.7 Å². The van der Waals surface area contributed by atoms with Crippen LogP contribution in [-0.4, -0.2) is 39.8 Å². The van der Waals surface area contributed by atoms with Gasteiger partial charge in [0.25, 0.3) is 0 Å². The highest BCUT2D eigenvalue weighted by Gasteiger charge is 2.31. The Morgan fingerprint density at radius 2 is 1.81 bits per heavy atom. The number of carbonyl (C=O) groups excluding carboxylic acids is 1. The van der Waals surface area contributed by atoms with Gasteiger partial charge in [-0.05, 0) is 36.1 Å². The number of carbonyl (C=O) groups is 1. The van der Waals surface area contributed by atoms with Crippen LogP contribution in [0.25, 0.3) is 10.8 Å². The van der Waals surface area contributed by atoms with Crippen molar-refractivity contribution in [3.8, 4) is 5.75 Å². The third kappa shape index (κ3) is 5.68. The number of nitrogens with one attached hydrogen (secondary N) is 1. The smallest absolute Gasteiger partial charge is 0.244 e. The lowest BCUT2D eigenvalue weighted by Gasteiger charge is -2.30. The van der Waals surface area contributed by atoms with E-state index in [0.29, 0.717) is 17.1 Å². The minimum Gasteiger partial charge on any atom is -0.491 e. The van der Waals surface area contributed by atoms with Gasteiger partial charge in [-0.25, -0.2) is 8.42 Å². The molecule has 0 heterocycles. The summed E-state index contributed by atoms with van der Waals surface area (Å²) in [6.07, 6.45) is 1.38. The predicted octanol–water partition coefficient (Wildman–Crippen LogP) is 4.23. The Morgan fingerprint density at radius 1 is 1.10 bits per heavy atom. The first kappa shape index (κ1) is 22.9. The number of nitrogens with zero attached hydrogens (tertiary/aromatic N) is 1. The fourth-order valence-electron chi connectivity index (χ4n) is 3.45.